The van der Waals surface area contributed by atoms with Crippen LogP contribution >= 0.6 is 46.4 Å². The number of hydrogen-bond acceptors (Lipinski definition) is 4. The molecule has 0 N–H and O–H groups in total. The van der Waals surface area contributed by atoms with Gasteiger partial charge in [-0.05, 0) is 40.9 Å². The molecule has 0 fully saturated rings. The standard InChI is InChI=1S/C9HCl4FN2O2/c10-7-2-1-3-6(18-9(12,13)17-3)4(14)5(2)15-8(11)16-7/h1H. The number of halogens is 5. The van der Waals surface area contributed by atoms with Crippen LogP contribution in [0, 0.1) is 5.82 Å². The molecule has 9 heteroatoms. The van der Waals surface area contributed by atoms with E-state index in [0.29, 0.717) is 0 Å². The van der Waals surface area contributed by atoms with Crippen molar-refractivity contribution in [2.24, 2.45) is 0 Å². The molecule has 1 aliphatic heterocycles. The van der Waals surface area contributed by atoms with Gasteiger partial charge in [0.25, 0.3) is 0 Å². The van der Waals surface area contributed by atoms with Crippen LogP contribution in [0.1, 0.15) is 0 Å². The van der Waals surface area contributed by atoms with E-state index in [1.165, 1.54) is 6.07 Å². The largest absolute Gasteiger partial charge is 0.423 e. The van der Waals surface area contributed by atoms with E-state index in [1.807, 2.05) is 0 Å². The van der Waals surface area contributed by atoms with Crippen molar-refractivity contribution in [3.63, 3.8) is 0 Å². The van der Waals surface area contributed by atoms with Gasteiger partial charge in [0.2, 0.25) is 11.0 Å². The second-order valence-electron chi connectivity index (χ2n) is 3.36. The average Bonchev–Trinajstić information content (AvgIpc) is 2.56. The summed E-state index contributed by atoms with van der Waals surface area (Å²) in [6, 6.07) is 1.37. The Kier molecular flexibility index (Phi) is 2.64. The fourth-order valence-corrected chi connectivity index (χ4v) is 2.32. The lowest BCUT2D eigenvalue weighted by Gasteiger charge is -2.09. The minimum Gasteiger partial charge on any atom is -0.423 e. The van der Waals surface area contributed by atoms with Crippen molar-refractivity contribution in [3.8, 4) is 11.5 Å². The van der Waals surface area contributed by atoms with Crippen LogP contribution in [0.15, 0.2) is 6.07 Å². The van der Waals surface area contributed by atoms with Crippen molar-refractivity contribution in [1.82, 2.24) is 9.97 Å². The molecule has 0 radical (unpaired) electrons. The maximum atomic E-state index is 14.1. The van der Waals surface area contributed by atoms with E-state index in [9.17, 15) is 4.39 Å². The fourth-order valence-electron chi connectivity index (χ4n) is 1.56. The molecular formula is C9HCl4FN2O2. The molecule has 2 heterocycles. The molecular weight excluding hydrogens is 329 g/mol. The molecule has 1 aliphatic rings. The maximum absolute atomic E-state index is 14.1. The highest BCUT2D eigenvalue weighted by molar-refractivity contribution is 6.46. The van der Waals surface area contributed by atoms with Gasteiger partial charge in [-0.2, -0.15) is 0 Å². The Morgan fingerprint density at radius 1 is 1.17 bits per heavy atom. The van der Waals surface area contributed by atoms with Crippen LogP contribution in [0.25, 0.3) is 10.9 Å². The van der Waals surface area contributed by atoms with Crippen LogP contribution in [-0.4, -0.2) is 14.7 Å². The van der Waals surface area contributed by atoms with Crippen LogP contribution in [0.4, 0.5) is 4.39 Å². The molecule has 1 aromatic heterocycles. The third-order valence-corrected chi connectivity index (χ3v) is 2.99. The maximum Gasteiger partial charge on any atom is 0.419 e. The van der Waals surface area contributed by atoms with Gasteiger partial charge in [0.1, 0.15) is 10.7 Å². The van der Waals surface area contributed by atoms with Gasteiger partial charge in [0, 0.05) is 5.39 Å². The summed E-state index contributed by atoms with van der Waals surface area (Å²) in [6.07, 6.45) is 0. The molecule has 0 saturated heterocycles. The summed E-state index contributed by atoms with van der Waals surface area (Å²) in [6.45, 7) is 0. The van der Waals surface area contributed by atoms with Gasteiger partial charge in [-0.15, -0.1) is 0 Å². The van der Waals surface area contributed by atoms with Gasteiger partial charge in [-0.1, -0.05) is 11.6 Å². The summed E-state index contributed by atoms with van der Waals surface area (Å²) in [5.41, 5.74) is -0.103. The summed E-state index contributed by atoms with van der Waals surface area (Å²) in [7, 11) is 0. The van der Waals surface area contributed by atoms with Crippen LogP contribution in [0.5, 0.6) is 11.5 Å². The first-order valence-corrected chi connectivity index (χ1v) is 6.00. The Hall–Kier alpha value is -0.750. The zero-order chi connectivity index (χ0) is 13.1. The zero-order valence-electron chi connectivity index (χ0n) is 8.18. The Bertz CT molecular complexity index is 679. The molecule has 0 amide bonds. The molecule has 0 unspecified atom stereocenters. The minimum atomic E-state index is -1.98. The molecule has 0 aliphatic carbocycles. The van der Waals surface area contributed by atoms with Crippen molar-refractivity contribution >= 4 is 57.3 Å². The molecule has 18 heavy (non-hydrogen) atoms. The Labute approximate surface area is 120 Å². The van der Waals surface area contributed by atoms with E-state index in [4.69, 9.17) is 55.9 Å². The molecule has 1 aromatic carbocycles. The van der Waals surface area contributed by atoms with E-state index >= 15 is 0 Å². The number of fused-ring (bicyclic) bond motifs is 2. The van der Waals surface area contributed by atoms with Gasteiger partial charge >= 0.3 is 4.71 Å². The van der Waals surface area contributed by atoms with Crippen LogP contribution in [0.3, 0.4) is 0 Å². The Morgan fingerprint density at radius 2 is 1.89 bits per heavy atom. The molecule has 0 saturated carbocycles. The molecule has 4 nitrogen and oxygen atoms in total. The van der Waals surface area contributed by atoms with Crippen LogP contribution in [0.2, 0.25) is 10.4 Å². The third kappa shape index (κ3) is 1.82. The molecule has 0 atom stereocenters. The quantitative estimate of drug-likeness (QED) is 0.417. The summed E-state index contributed by atoms with van der Waals surface area (Å²) in [4.78, 5) is 7.43. The Morgan fingerprint density at radius 3 is 2.61 bits per heavy atom. The fraction of sp³-hybridized carbons (Fsp3) is 0.111. The smallest absolute Gasteiger partial charge is 0.419 e. The van der Waals surface area contributed by atoms with Gasteiger partial charge < -0.3 is 9.47 Å². The monoisotopic (exact) mass is 328 g/mol. The van der Waals surface area contributed by atoms with E-state index in [0.717, 1.165) is 0 Å². The lowest BCUT2D eigenvalue weighted by molar-refractivity contribution is 0.0828. The number of ether oxygens (including phenoxy) is 2. The first kappa shape index (κ1) is 12.3. The van der Waals surface area contributed by atoms with Crippen molar-refractivity contribution in [2.75, 3.05) is 0 Å². The minimum absolute atomic E-state index is 0.0119. The number of nitrogens with zero attached hydrogens (tertiary/aromatic N) is 2. The predicted octanol–water partition coefficient (Wildman–Crippen LogP) is 3.94. The lowest BCUT2D eigenvalue weighted by atomic mass is 10.2. The number of aromatic nitrogens is 2. The van der Waals surface area contributed by atoms with Crippen LogP contribution < -0.4 is 9.47 Å². The highest BCUT2D eigenvalue weighted by Crippen LogP contribution is 2.47. The third-order valence-electron chi connectivity index (χ3n) is 2.23. The average molecular weight is 330 g/mol. The number of benzene rings is 1. The molecule has 2 aromatic rings. The van der Waals surface area contributed by atoms with E-state index in [2.05, 4.69) is 9.97 Å². The summed E-state index contributed by atoms with van der Waals surface area (Å²) >= 11 is 22.7. The van der Waals surface area contributed by atoms with Gasteiger partial charge in [-0.25, -0.2) is 14.4 Å². The number of rotatable bonds is 0. The van der Waals surface area contributed by atoms with E-state index in [-0.39, 0.29) is 32.8 Å². The Balaban J connectivity index is 2.36. The van der Waals surface area contributed by atoms with Crippen molar-refractivity contribution in [3.05, 3.63) is 22.3 Å². The summed E-state index contributed by atoms with van der Waals surface area (Å²) in [5, 5.41) is 0.0113. The summed E-state index contributed by atoms with van der Waals surface area (Å²) in [5.74, 6) is -1.06. The number of hydrogen-bond donors (Lipinski definition) is 0. The van der Waals surface area contributed by atoms with Gasteiger partial charge in [-0.3, -0.25) is 0 Å². The normalized spacial score (nSPS) is 16.3. The lowest BCUT2D eigenvalue weighted by Crippen LogP contribution is -2.23. The van der Waals surface area contributed by atoms with Gasteiger partial charge in [0.05, 0.1) is 0 Å². The molecule has 0 spiro atoms. The zero-order valence-corrected chi connectivity index (χ0v) is 11.2. The first-order chi connectivity index (χ1) is 8.37. The highest BCUT2D eigenvalue weighted by Gasteiger charge is 2.41. The van der Waals surface area contributed by atoms with Crippen molar-refractivity contribution in [2.45, 2.75) is 4.71 Å². The number of alkyl halides is 2. The van der Waals surface area contributed by atoms with Gasteiger partial charge in [0.15, 0.2) is 11.6 Å². The van der Waals surface area contributed by atoms with E-state index in [1.54, 1.807) is 0 Å². The molecule has 3 rings (SSSR count). The van der Waals surface area contributed by atoms with Crippen molar-refractivity contribution < 1.29 is 13.9 Å². The predicted molar refractivity (Wildman–Crippen MR) is 65.2 cm³/mol. The van der Waals surface area contributed by atoms with E-state index < -0.39 is 10.5 Å². The second kappa shape index (κ2) is 3.87. The SMILES string of the molecule is Fc1c2c(cc3c(Cl)nc(Cl)nc13)OC(Cl)(Cl)O2. The topological polar surface area (TPSA) is 44.2 Å². The molecule has 94 valence electrons. The van der Waals surface area contributed by atoms with Crippen LogP contribution in [-0.2, 0) is 0 Å². The molecule has 0 bridgehead atoms. The van der Waals surface area contributed by atoms with Crippen molar-refractivity contribution in [1.29, 1.82) is 0 Å². The summed E-state index contributed by atoms with van der Waals surface area (Å²) < 4.78 is 22.1. The second-order valence-corrected chi connectivity index (χ2v) is 5.25. The highest BCUT2D eigenvalue weighted by atomic mass is 35.5. The first-order valence-electron chi connectivity index (χ1n) is 4.48.